The van der Waals surface area contributed by atoms with Gasteiger partial charge < -0.3 is 9.15 Å². The number of carbonyl (C=O) groups excluding carboxylic acids is 1. The molecule has 0 fully saturated rings. The van der Waals surface area contributed by atoms with E-state index in [-0.39, 0.29) is 11.7 Å². The van der Waals surface area contributed by atoms with Gasteiger partial charge in [-0.25, -0.2) is 4.98 Å². The number of aromatic nitrogens is 1. The maximum atomic E-state index is 12.5. The van der Waals surface area contributed by atoms with Gasteiger partial charge >= 0.3 is 0 Å². The molecule has 2 heterocycles. The van der Waals surface area contributed by atoms with Gasteiger partial charge in [-0.2, -0.15) is 0 Å². The average molecular weight is 412 g/mol. The van der Waals surface area contributed by atoms with Crippen LogP contribution in [0.3, 0.4) is 0 Å². The molecular weight excluding hydrogens is 396 g/mol. The second kappa shape index (κ2) is 7.85. The van der Waals surface area contributed by atoms with Gasteiger partial charge in [0.25, 0.3) is 5.91 Å². The fourth-order valence-corrected chi connectivity index (χ4v) is 3.75. The number of hydrogen-bond donors (Lipinski definition) is 1. The van der Waals surface area contributed by atoms with Crippen LogP contribution in [0, 0.1) is 0 Å². The lowest BCUT2D eigenvalue weighted by Crippen LogP contribution is -2.10. The molecule has 3 aromatic carbocycles. The van der Waals surface area contributed by atoms with Crippen LogP contribution in [0.5, 0.6) is 11.5 Å². The van der Waals surface area contributed by atoms with E-state index in [4.69, 9.17) is 9.15 Å². The Balaban J connectivity index is 1.28. The molecule has 0 saturated carbocycles. The molecule has 0 aliphatic heterocycles. The number of amides is 1. The van der Waals surface area contributed by atoms with Crippen LogP contribution in [0.25, 0.3) is 22.2 Å². The lowest BCUT2D eigenvalue weighted by molar-refractivity contribution is 0.0998. The Morgan fingerprint density at radius 2 is 1.63 bits per heavy atom. The molecule has 30 heavy (non-hydrogen) atoms. The Bertz CT molecular complexity index is 1270. The fraction of sp³-hybridized carbons (Fsp3) is 0. The lowest BCUT2D eigenvalue weighted by Gasteiger charge is -2.05. The molecule has 0 aliphatic carbocycles. The molecule has 0 aliphatic rings. The smallest absolute Gasteiger partial charge is 0.293 e. The van der Waals surface area contributed by atoms with Crippen LogP contribution in [0.4, 0.5) is 5.13 Å². The number of rotatable bonds is 5. The van der Waals surface area contributed by atoms with Crippen molar-refractivity contribution >= 4 is 33.3 Å². The predicted molar refractivity (Wildman–Crippen MR) is 118 cm³/mol. The van der Waals surface area contributed by atoms with Crippen LogP contribution < -0.4 is 10.1 Å². The minimum absolute atomic E-state index is 0.260. The van der Waals surface area contributed by atoms with Gasteiger partial charge in [-0.05, 0) is 48.5 Å². The van der Waals surface area contributed by atoms with E-state index in [1.165, 1.54) is 11.3 Å². The molecule has 146 valence electrons. The van der Waals surface area contributed by atoms with Crippen molar-refractivity contribution in [1.29, 1.82) is 0 Å². The lowest BCUT2D eigenvalue weighted by atomic mass is 10.2. The molecule has 0 spiro atoms. The van der Waals surface area contributed by atoms with Crippen LogP contribution in [0.15, 0.2) is 94.7 Å². The number of ether oxygens (including phenoxy) is 1. The summed E-state index contributed by atoms with van der Waals surface area (Å²) in [7, 11) is 0. The molecule has 5 aromatic rings. The maximum Gasteiger partial charge on any atom is 0.293 e. The van der Waals surface area contributed by atoms with Crippen molar-refractivity contribution in [3.63, 3.8) is 0 Å². The fourth-order valence-electron chi connectivity index (χ4n) is 3.03. The van der Waals surface area contributed by atoms with Gasteiger partial charge in [-0.15, -0.1) is 11.3 Å². The van der Waals surface area contributed by atoms with Crippen molar-refractivity contribution in [3.05, 3.63) is 96.1 Å². The van der Waals surface area contributed by atoms with Crippen molar-refractivity contribution in [2.45, 2.75) is 0 Å². The number of benzene rings is 3. The summed E-state index contributed by atoms with van der Waals surface area (Å²) < 4.78 is 11.4. The standard InChI is InChI=1S/C24H16N2O3S/c27-23(22-14-17-6-4-5-9-21(17)29-22)26-24-25-20(15-30-24)16-10-12-19(13-11-16)28-18-7-2-1-3-8-18/h1-15H,(H,25,26,27). The molecule has 0 unspecified atom stereocenters. The molecule has 1 amide bonds. The summed E-state index contributed by atoms with van der Waals surface area (Å²) in [5.41, 5.74) is 2.40. The number of fused-ring (bicyclic) bond motifs is 1. The number of carbonyl (C=O) groups is 1. The summed E-state index contributed by atoms with van der Waals surface area (Å²) >= 11 is 1.37. The van der Waals surface area contributed by atoms with Crippen molar-refractivity contribution in [2.24, 2.45) is 0 Å². The summed E-state index contributed by atoms with van der Waals surface area (Å²) in [6, 6.07) is 26.5. The first kappa shape index (κ1) is 18.1. The number of nitrogens with one attached hydrogen (secondary N) is 1. The molecule has 0 saturated heterocycles. The van der Waals surface area contributed by atoms with E-state index in [1.54, 1.807) is 6.07 Å². The third-order valence-electron chi connectivity index (χ3n) is 4.50. The zero-order chi connectivity index (χ0) is 20.3. The van der Waals surface area contributed by atoms with Gasteiger partial charge in [0.1, 0.15) is 17.1 Å². The maximum absolute atomic E-state index is 12.5. The first-order chi connectivity index (χ1) is 14.7. The highest BCUT2D eigenvalue weighted by Gasteiger charge is 2.14. The van der Waals surface area contributed by atoms with Crippen LogP contribution in [-0.2, 0) is 0 Å². The largest absolute Gasteiger partial charge is 0.457 e. The van der Waals surface area contributed by atoms with Gasteiger partial charge in [0.2, 0.25) is 0 Å². The monoisotopic (exact) mass is 412 g/mol. The number of anilines is 1. The van der Waals surface area contributed by atoms with E-state index >= 15 is 0 Å². The second-order valence-corrected chi connectivity index (χ2v) is 7.44. The highest BCUT2D eigenvalue weighted by atomic mass is 32.1. The quantitative estimate of drug-likeness (QED) is 0.353. The van der Waals surface area contributed by atoms with E-state index in [0.29, 0.717) is 10.7 Å². The predicted octanol–water partition coefficient (Wildman–Crippen LogP) is 6.60. The number of nitrogens with zero attached hydrogens (tertiary/aromatic N) is 1. The van der Waals surface area contributed by atoms with E-state index < -0.39 is 0 Å². The highest BCUT2D eigenvalue weighted by molar-refractivity contribution is 7.14. The Hall–Kier alpha value is -3.90. The summed E-state index contributed by atoms with van der Waals surface area (Å²) in [4.78, 5) is 17.0. The SMILES string of the molecule is O=C(Nc1nc(-c2ccc(Oc3ccccc3)cc2)cs1)c1cc2ccccc2o1. The Morgan fingerprint density at radius 1 is 0.900 bits per heavy atom. The topological polar surface area (TPSA) is 64.4 Å². The normalized spacial score (nSPS) is 10.8. The number of hydrogen-bond acceptors (Lipinski definition) is 5. The van der Waals surface area contributed by atoms with E-state index in [9.17, 15) is 4.79 Å². The zero-order valence-electron chi connectivity index (χ0n) is 15.7. The van der Waals surface area contributed by atoms with Crippen molar-refractivity contribution in [2.75, 3.05) is 5.32 Å². The third kappa shape index (κ3) is 3.81. The second-order valence-electron chi connectivity index (χ2n) is 6.58. The van der Waals surface area contributed by atoms with E-state index in [0.717, 1.165) is 28.1 Å². The van der Waals surface area contributed by atoms with Crippen LogP contribution in [-0.4, -0.2) is 10.9 Å². The first-order valence-corrected chi connectivity index (χ1v) is 10.2. The van der Waals surface area contributed by atoms with Crippen molar-refractivity contribution < 1.29 is 13.9 Å². The van der Waals surface area contributed by atoms with Gasteiger partial charge in [0.15, 0.2) is 10.9 Å². The highest BCUT2D eigenvalue weighted by Crippen LogP contribution is 2.29. The Morgan fingerprint density at radius 3 is 2.43 bits per heavy atom. The summed E-state index contributed by atoms with van der Waals surface area (Å²) in [6.07, 6.45) is 0. The van der Waals surface area contributed by atoms with Gasteiger partial charge in [0, 0.05) is 16.3 Å². The van der Waals surface area contributed by atoms with E-state index in [2.05, 4.69) is 10.3 Å². The average Bonchev–Trinajstić information content (AvgIpc) is 3.42. The molecular formula is C24H16N2O3S. The summed E-state index contributed by atoms with van der Waals surface area (Å²) in [5.74, 6) is 1.47. The molecule has 0 atom stereocenters. The van der Waals surface area contributed by atoms with E-state index in [1.807, 2.05) is 84.2 Å². The molecule has 6 heteroatoms. The minimum atomic E-state index is -0.321. The zero-order valence-corrected chi connectivity index (χ0v) is 16.6. The Labute approximate surface area is 176 Å². The summed E-state index contributed by atoms with van der Waals surface area (Å²) in [6.45, 7) is 0. The first-order valence-electron chi connectivity index (χ1n) is 9.33. The molecule has 0 radical (unpaired) electrons. The molecule has 5 rings (SSSR count). The minimum Gasteiger partial charge on any atom is -0.457 e. The van der Waals surface area contributed by atoms with Gasteiger partial charge in [0.05, 0.1) is 5.69 Å². The van der Waals surface area contributed by atoms with Crippen LogP contribution >= 0.6 is 11.3 Å². The molecule has 2 aromatic heterocycles. The van der Waals surface area contributed by atoms with Crippen LogP contribution in [0.2, 0.25) is 0 Å². The van der Waals surface area contributed by atoms with Crippen LogP contribution in [0.1, 0.15) is 10.6 Å². The van der Waals surface area contributed by atoms with Crippen molar-refractivity contribution in [3.8, 4) is 22.8 Å². The molecule has 1 N–H and O–H groups in total. The Kier molecular flexibility index (Phi) is 4.75. The van der Waals surface area contributed by atoms with Gasteiger partial charge in [-0.1, -0.05) is 36.4 Å². The number of thiazole rings is 1. The van der Waals surface area contributed by atoms with Gasteiger partial charge in [-0.3, -0.25) is 10.1 Å². The third-order valence-corrected chi connectivity index (χ3v) is 5.26. The summed E-state index contributed by atoms with van der Waals surface area (Å²) in [5, 5.41) is 6.11. The molecule has 0 bridgehead atoms. The number of furan rings is 1. The van der Waals surface area contributed by atoms with Crippen molar-refractivity contribution in [1.82, 2.24) is 4.98 Å². The number of para-hydroxylation sites is 2. The molecule has 5 nitrogen and oxygen atoms in total.